The van der Waals surface area contributed by atoms with Crippen LogP contribution in [0.15, 0.2) is 42.9 Å². The summed E-state index contributed by atoms with van der Waals surface area (Å²) in [6, 6.07) is 8.74. The first-order valence-corrected chi connectivity index (χ1v) is 9.64. The SMILES string of the molecule is CN[C@@H](Cc1cn(C)cn1)C(=O)OC.O=C1CCC(=O)N1C(=O)OCc1ccccc1. The van der Waals surface area contributed by atoms with Crippen molar-refractivity contribution < 1.29 is 28.7 Å². The van der Waals surface area contributed by atoms with Gasteiger partial charge in [0.05, 0.1) is 19.1 Å². The van der Waals surface area contributed by atoms with Crippen molar-refractivity contribution in [1.82, 2.24) is 19.8 Å². The van der Waals surface area contributed by atoms with Crippen LogP contribution in [0.4, 0.5) is 4.79 Å². The van der Waals surface area contributed by atoms with E-state index in [9.17, 15) is 19.2 Å². The summed E-state index contributed by atoms with van der Waals surface area (Å²) in [6.45, 7) is 0.0523. The molecular weight excluding hydrogens is 404 g/mol. The van der Waals surface area contributed by atoms with Gasteiger partial charge in [-0.3, -0.25) is 14.4 Å². The van der Waals surface area contributed by atoms with Crippen molar-refractivity contribution in [3.05, 3.63) is 54.1 Å². The van der Waals surface area contributed by atoms with Gasteiger partial charge >= 0.3 is 12.1 Å². The third-order valence-corrected chi connectivity index (χ3v) is 4.45. The maximum atomic E-state index is 11.5. The quantitative estimate of drug-likeness (QED) is 0.536. The lowest BCUT2D eigenvalue weighted by atomic mass is 10.2. The van der Waals surface area contributed by atoms with Crippen LogP contribution in [0.2, 0.25) is 0 Å². The number of hydrogen-bond donors (Lipinski definition) is 1. The lowest BCUT2D eigenvalue weighted by Gasteiger charge is -2.11. The molecule has 31 heavy (non-hydrogen) atoms. The maximum absolute atomic E-state index is 11.5. The fourth-order valence-corrected chi connectivity index (χ4v) is 2.79. The van der Waals surface area contributed by atoms with E-state index in [0.717, 1.165) is 11.3 Å². The van der Waals surface area contributed by atoms with E-state index in [4.69, 9.17) is 4.74 Å². The van der Waals surface area contributed by atoms with Gasteiger partial charge in [-0.1, -0.05) is 30.3 Å². The number of likely N-dealkylation sites (N-methyl/N-ethyl adjacent to an activating group) is 1. The molecule has 2 heterocycles. The third kappa shape index (κ3) is 7.03. The van der Waals surface area contributed by atoms with E-state index in [2.05, 4.69) is 15.0 Å². The number of imidazole rings is 1. The Labute approximate surface area is 180 Å². The molecule has 10 nitrogen and oxygen atoms in total. The number of aromatic nitrogens is 2. The highest BCUT2D eigenvalue weighted by Gasteiger charge is 2.35. The van der Waals surface area contributed by atoms with Crippen LogP contribution in [0.25, 0.3) is 0 Å². The largest absolute Gasteiger partial charge is 0.468 e. The summed E-state index contributed by atoms with van der Waals surface area (Å²) in [5, 5.41) is 2.89. The molecule has 1 aromatic carbocycles. The first kappa shape index (κ1) is 23.7. The number of benzene rings is 1. The molecule has 166 valence electrons. The third-order valence-electron chi connectivity index (χ3n) is 4.45. The van der Waals surface area contributed by atoms with Crippen molar-refractivity contribution in [2.75, 3.05) is 14.2 Å². The predicted molar refractivity (Wildman–Crippen MR) is 109 cm³/mol. The number of likely N-dealkylation sites (tertiary alicyclic amines) is 1. The molecule has 3 amide bonds. The van der Waals surface area contributed by atoms with Crippen molar-refractivity contribution in [2.45, 2.75) is 31.9 Å². The first-order chi connectivity index (χ1) is 14.8. The average molecular weight is 430 g/mol. The lowest BCUT2D eigenvalue weighted by molar-refractivity contribution is -0.143. The lowest BCUT2D eigenvalue weighted by Crippen LogP contribution is -2.37. The molecule has 0 radical (unpaired) electrons. The van der Waals surface area contributed by atoms with Crippen molar-refractivity contribution in [2.24, 2.45) is 7.05 Å². The van der Waals surface area contributed by atoms with E-state index < -0.39 is 17.9 Å². The molecule has 1 aliphatic rings. The number of aryl methyl sites for hydroxylation is 1. The van der Waals surface area contributed by atoms with E-state index >= 15 is 0 Å². The van der Waals surface area contributed by atoms with Crippen LogP contribution >= 0.6 is 0 Å². The Morgan fingerprint density at radius 3 is 2.32 bits per heavy atom. The van der Waals surface area contributed by atoms with Crippen LogP contribution in [-0.2, 0) is 43.9 Å². The highest BCUT2D eigenvalue weighted by atomic mass is 16.6. The Balaban J connectivity index is 0.000000225. The van der Waals surface area contributed by atoms with Crippen LogP contribution in [0.5, 0.6) is 0 Å². The molecule has 1 aromatic heterocycles. The summed E-state index contributed by atoms with van der Waals surface area (Å²) in [5.74, 6) is -1.25. The highest BCUT2D eigenvalue weighted by molar-refractivity contribution is 6.13. The van der Waals surface area contributed by atoms with Crippen LogP contribution in [-0.4, -0.2) is 58.5 Å². The molecule has 3 rings (SSSR count). The van der Waals surface area contributed by atoms with Gasteiger partial charge in [-0.2, -0.15) is 4.90 Å². The molecule has 0 saturated carbocycles. The minimum atomic E-state index is -0.888. The van der Waals surface area contributed by atoms with Gasteiger partial charge in [0, 0.05) is 32.5 Å². The molecule has 1 aliphatic heterocycles. The Bertz CT molecular complexity index is 896. The van der Waals surface area contributed by atoms with Crippen molar-refractivity contribution in [3.8, 4) is 0 Å². The first-order valence-electron chi connectivity index (χ1n) is 9.64. The molecule has 0 unspecified atom stereocenters. The van der Waals surface area contributed by atoms with E-state index in [1.54, 1.807) is 25.5 Å². The van der Waals surface area contributed by atoms with Crippen LogP contribution in [0, 0.1) is 0 Å². The second-order valence-electron chi connectivity index (χ2n) is 6.76. The highest BCUT2D eigenvalue weighted by Crippen LogP contribution is 2.14. The second-order valence-corrected chi connectivity index (χ2v) is 6.76. The zero-order valence-electron chi connectivity index (χ0n) is 17.7. The number of amides is 3. The van der Waals surface area contributed by atoms with Gasteiger partial charge in [-0.25, -0.2) is 9.78 Å². The van der Waals surface area contributed by atoms with Gasteiger partial charge in [0.15, 0.2) is 0 Å². The number of nitrogens with zero attached hydrogens (tertiary/aromatic N) is 3. The molecule has 10 heteroatoms. The topological polar surface area (TPSA) is 120 Å². The summed E-state index contributed by atoms with van der Waals surface area (Å²) >= 11 is 0. The van der Waals surface area contributed by atoms with Crippen LogP contribution in [0.3, 0.4) is 0 Å². The van der Waals surface area contributed by atoms with Gasteiger partial charge in [-0.05, 0) is 12.6 Å². The predicted octanol–water partition coefficient (Wildman–Crippen LogP) is 1.20. The van der Waals surface area contributed by atoms with Crippen molar-refractivity contribution in [1.29, 1.82) is 0 Å². The number of carbonyl (C=O) groups excluding carboxylic acids is 4. The molecule has 1 saturated heterocycles. The van der Waals surface area contributed by atoms with Crippen LogP contribution in [0.1, 0.15) is 24.1 Å². The van der Waals surface area contributed by atoms with Gasteiger partial charge in [-0.15, -0.1) is 0 Å². The fraction of sp³-hybridized carbons (Fsp3) is 0.381. The van der Waals surface area contributed by atoms with E-state index in [0.29, 0.717) is 11.3 Å². The van der Waals surface area contributed by atoms with Crippen molar-refractivity contribution >= 4 is 23.9 Å². The Hall–Kier alpha value is -3.53. The zero-order chi connectivity index (χ0) is 22.8. The Morgan fingerprint density at radius 2 is 1.81 bits per heavy atom. The minimum Gasteiger partial charge on any atom is -0.468 e. The summed E-state index contributed by atoms with van der Waals surface area (Å²) in [4.78, 5) is 49.9. The minimum absolute atomic E-state index is 0.0523. The normalized spacial score (nSPS) is 14.0. The van der Waals surface area contributed by atoms with Gasteiger partial charge in [0.25, 0.3) is 0 Å². The molecule has 1 fully saturated rings. The summed E-state index contributed by atoms with van der Waals surface area (Å²) in [5.41, 5.74) is 1.68. The van der Waals surface area contributed by atoms with Crippen molar-refractivity contribution in [3.63, 3.8) is 0 Å². The van der Waals surface area contributed by atoms with Gasteiger partial charge in [0.1, 0.15) is 12.6 Å². The molecule has 1 N–H and O–H groups in total. The number of rotatable bonds is 6. The fourth-order valence-electron chi connectivity index (χ4n) is 2.79. The monoisotopic (exact) mass is 430 g/mol. The zero-order valence-corrected chi connectivity index (χ0v) is 17.7. The number of imide groups is 3. The number of esters is 1. The standard InChI is InChI=1S/C12H11NO4.C9H15N3O2/c14-10-6-7-11(15)13(10)12(16)17-8-9-4-2-1-3-5-9;1-10-8(9(13)14-3)4-7-5-12(2)6-11-7/h1-5H,6-8H2;5-6,8,10H,4H2,1-3H3/t;8-/m.0/s1. The summed E-state index contributed by atoms with van der Waals surface area (Å²) < 4.78 is 11.4. The smallest absolute Gasteiger partial charge is 0.423 e. The number of methoxy groups -OCH3 is 1. The van der Waals surface area contributed by atoms with Crippen LogP contribution < -0.4 is 5.32 Å². The number of hydrogen-bond acceptors (Lipinski definition) is 8. The average Bonchev–Trinajstić information content (AvgIpc) is 3.35. The van der Waals surface area contributed by atoms with Gasteiger partial charge in [0.2, 0.25) is 11.8 Å². The maximum Gasteiger partial charge on any atom is 0.423 e. The van der Waals surface area contributed by atoms with E-state index in [1.807, 2.05) is 36.0 Å². The summed E-state index contributed by atoms with van der Waals surface area (Å²) in [7, 11) is 5.00. The van der Waals surface area contributed by atoms with Gasteiger partial charge < -0.3 is 19.4 Å². The molecule has 0 aliphatic carbocycles. The molecule has 0 bridgehead atoms. The molecule has 1 atom stereocenters. The molecule has 0 spiro atoms. The number of nitrogens with one attached hydrogen (secondary N) is 1. The number of ether oxygens (including phenoxy) is 2. The Morgan fingerprint density at radius 1 is 1.16 bits per heavy atom. The van der Waals surface area contributed by atoms with E-state index in [-0.39, 0.29) is 31.5 Å². The number of carbonyl (C=O) groups is 4. The van der Waals surface area contributed by atoms with E-state index in [1.165, 1.54) is 7.11 Å². The second kappa shape index (κ2) is 11.6. The molecule has 2 aromatic rings. The Kier molecular flexibility index (Phi) is 8.89. The molecular formula is C21H26N4O6. The summed E-state index contributed by atoms with van der Waals surface area (Å²) in [6.07, 6.45) is 3.41.